The molecule has 96 valence electrons. The maximum Gasteiger partial charge on any atom is 0.184 e. The van der Waals surface area contributed by atoms with Crippen molar-refractivity contribution in [2.24, 2.45) is 0 Å². The summed E-state index contributed by atoms with van der Waals surface area (Å²) in [6.07, 6.45) is 1.72. The van der Waals surface area contributed by atoms with Crippen molar-refractivity contribution >= 4 is 23.4 Å². The standard InChI is InChI=1S/C14H12FN3S/c1-8-3-4-10(7-11(8)15)18-13-12(17-14(18)19)9(2)5-6-16-13/h3-7H,1-2H3,(H,17,19). The number of benzene rings is 1. The average molecular weight is 273 g/mol. The lowest BCUT2D eigenvalue weighted by atomic mass is 10.2. The highest BCUT2D eigenvalue weighted by Gasteiger charge is 2.10. The predicted molar refractivity (Wildman–Crippen MR) is 75.7 cm³/mol. The van der Waals surface area contributed by atoms with E-state index in [2.05, 4.69) is 9.97 Å². The second-order valence-electron chi connectivity index (χ2n) is 4.53. The Balaban J connectivity index is 2.36. The van der Waals surface area contributed by atoms with E-state index in [-0.39, 0.29) is 5.82 Å². The van der Waals surface area contributed by atoms with Crippen LogP contribution in [0.4, 0.5) is 4.39 Å². The highest BCUT2D eigenvalue weighted by molar-refractivity contribution is 7.71. The molecule has 0 radical (unpaired) electrons. The van der Waals surface area contributed by atoms with Gasteiger partial charge in [0, 0.05) is 6.20 Å². The number of halogens is 1. The van der Waals surface area contributed by atoms with Crippen LogP contribution in [-0.2, 0) is 0 Å². The van der Waals surface area contributed by atoms with Crippen molar-refractivity contribution in [3.63, 3.8) is 0 Å². The van der Waals surface area contributed by atoms with Crippen LogP contribution >= 0.6 is 12.2 Å². The third-order valence-corrected chi connectivity index (χ3v) is 3.48. The minimum Gasteiger partial charge on any atom is -0.329 e. The van der Waals surface area contributed by atoms with Crippen molar-refractivity contribution in [2.45, 2.75) is 13.8 Å². The van der Waals surface area contributed by atoms with Gasteiger partial charge in [0.2, 0.25) is 0 Å². The van der Waals surface area contributed by atoms with Gasteiger partial charge in [-0.05, 0) is 55.4 Å². The molecule has 3 nitrogen and oxygen atoms in total. The van der Waals surface area contributed by atoms with E-state index in [9.17, 15) is 4.39 Å². The van der Waals surface area contributed by atoms with E-state index in [0.717, 1.165) is 11.1 Å². The highest BCUT2D eigenvalue weighted by Crippen LogP contribution is 2.21. The van der Waals surface area contributed by atoms with Crippen LogP contribution in [0.15, 0.2) is 30.5 Å². The number of H-pyrrole nitrogens is 1. The van der Waals surface area contributed by atoms with Crippen LogP contribution in [0.1, 0.15) is 11.1 Å². The quantitative estimate of drug-likeness (QED) is 0.683. The topological polar surface area (TPSA) is 33.6 Å². The number of nitrogens with one attached hydrogen (secondary N) is 1. The highest BCUT2D eigenvalue weighted by atomic mass is 32.1. The van der Waals surface area contributed by atoms with E-state index in [1.165, 1.54) is 6.07 Å². The number of hydrogen-bond donors (Lipinski definition) is 1. The molecule has 0 amide bonds. The van der Waals surface area contributed by atoms with Gasteiger partial charge < -0.3 is 4.98 Å². The van der Waals surface area contributed by atoms with Crippen molar-refractivity contribution in [3.8, 4) is 5.69 Å². The molecule has 1 N–H and O–H groups in total. The van der Waals surface area contributed by atoms with Crippen LogP contribution in [0.25, 0.3) is 16.9 Å². The fourth-order valence-electron chi connectivity index (χ4n) is 2.09. The summed E-state index contributed by atoms with van der Waals surface area (Å²) in [5.41, 5.74) is 3.95. The molecule has 0 saturated carbocycles. The van der Waals surface area contributed by atoms with Gasteiger partial charge in [-0.25, -0.2) is 9.37 Å². The Morgan fingerprint density at radius 3 is 2.74 bits per heavy atom. The monoisotopic (exact) mass is 273 g/mol. The van der Waals surface area contributed by atoms with Gasteiger partial charge in [-0.15, -0.1) is 0 Å². The molecular weight excluding hydrogens is 261 g/mol. The fraction of sp³-hybridized carbons (Fsp3) is 0.143. The van der Waals surface area contributed by atoms with E-state index >= 15 is 0 Å². The SMILES string of the molecule is Cc1ccc(-n2c(=S)[nH]c3c(C)ccnc32)cc1F. The average Bonchev–Trinajstić information content (AvgIpc) is 2.71. The predicted octanol–water partition coefficient (Wildman–Crippen LogP) is 3.84. The number of aromatic nitrogens is 3. The summed E-state index contributed by atoms with van der Waals surface area (Å²) >= 11 is 5.32. The number of hydrogen-bond acceptors (Lipinski definition) is 2. The lowest BCUT2D eigenvalue weighted by molar-refractivity contribution is 0.617. The Kier molecular flexibility index (Phi) is 2.71. The molecule has 3 rings (SSSR count). The first-order valence-electron chi connectivity index (χ1n) is 5.91. The molecule has 0 aliphatic carbocycles. The van der Waals surface area contributed by atoms with Crippen LogP contribution in [0.2, 0.25) is 0 Å². The molecule has 2 aromatic heterocycles. The van der Waals surface area contributed by atoms with Crippen LogP contribution in [-0.4, -0.2) is 14.5 Å². The summed E-state index contributed by atoms with van der Waals surface area (Å²) < 4.78 is 16.0. The molecule has 19 heavy (non-hydrogen) atoms. The smallest absolute Gasteiger partial charge is 0.184 e. The molecule has 0 fully saturated rings. The number of imidazole rings is 1. The van der Waals surface area contributed by atoms with Gasteiger partial charge in [-0.1, -0.05) is 6.07 Å². The Bertz CT molecular complexity index is 832. The number of rotatable bonds is 1. The zero-order valence-corrected chi connectivity index (χ0v) is 11.4. The number of fused-ring (bicyclic) bond motifs is 1. The molecule has 0 saturated heterocycles. The van der Waals surface area contributed by atoms with Crippen molar-refractivity contribution in [2.75, 3.05) is 0 Å². The molecule has 5 heteroatoms. The van der Waals surface area contributed by atoms with Gasteiger partial charge in [-0.3, -0.25) is 4.57 Å². The maximum atomic E-state index is 13.7. The van der Waals surface area contributed by atoms with Crippen molar-refractivity contribution in [1.82, 2.24) is 14.5 Å². The third kappa shape index (κ3) is 1.86. The van der Waals surface area contributed by atoms with Crippen molar-refractivity contribution < 1.29 is 4.39 Å². The number of aromatic amines is 1. The van der Waals surface area contributed by atoms with E-state index in [1.54, 1.807) is 23.8 Å². The molecule has 0 aliphatic rings. The molecular formula is C14H12FN3S. The van der Waals surface area contributed by atoms with Crippen molar-refractivity contribution in [3.05, 3.63) is 52.2 Å². The lowest BCUT2D eigenvalue weighted by Gasteiger charge is -2.05. The minimum absolute atomic E-state index is 0.249. The molecule has 3 aromatic rings. The molecule has 0 spiro atoms. The Labute approximate surface area is 114 Å². The first-order chi connectivity index (χ1) is 9.08. The van der Waals surface area contributed by atoms with Gasteiger partial charge in [-0.2, -0.15) is 0 Å². The minimum atomic E-state index is -0.249. The third-order valence-electron chi connectivity index (χ3n) is 3.20. The molecule has 0 unspecified atom stereocenters. The number of aryl methyl sites for hydroxylation is 2. The van der Waals surface area contributed by atoms with Crippen LogP contribution in [0.3, 0.4) is 0 Å². The summed E-state index contributed by atoms with van der Waals surface area (Å²) in [7, 11) is 0. The summed E-state index contributed by atoms with van der Waals surface area (Å²) in [6, 6.07) is 6.96. The number of pyridine rings is 1. The van der Waals surface area contributed by atoms with E-state index in [0.29, 0.717) is 21.7 Å². The summed E-state index contributed by atoms with van der Waals surface area (Å²) in [6.45, 7) is 3.71. The fourth-order valence-corrected chi connectivity index (χ4v) is 2.38. The molecule has 0 atom stereocenters. The van der Waals surface area contributed by atoms with E-state index in [1.807, 2.05) is 19.1 Å². The van der Waals surface area contributed by atoms with Gasteiger partial charge >= 0.3 is 0 Å². The first-order valence-corrected chi connectivity index (χ1v) is 6.31. The van der Waals surface area contributed by atoms with Crippen LogP contribution in [0.5, 0.6) is 0 Å². The van der Waals surface area contributed by atoms with Gasteiger partial charge in [0.15, 0.2) is 10.4 Å². The van der Waals surface area contributed by atoms with Crippen molar-refractivity contribution in [1.29, 1.82) is 0 Å². The second-order valence-corrected chi connectivity index (χ2v) is 4.91. The number of nitrogens with zero attached hydrogens (tertiary/aromatic N) is 2. The summed E-state index contributed by atoms with van der Waals surface area (Å²) in [5.74, 6) is -0.249. The van der Waals surface area contributed by atoms with Crippen LogP contribution in [0, 0.1) is 24.4 Å². The maximum absolute atomic E-state index is 13.7. The largest absolute Gasteiger partial charge is 0.329 e. The zero-order valence-electron chi connectivity index (χ0n) is 10.6. The van der Waals surface area contributed by atoms with E-state index < -0.39 is 0 Å². The van der Waals surface area contributed by atoms with Gasteiger partial charge in [0.25, 0.3) is 0 Å². The van der Waals surface area contributed by atoms with Gasteiger partial charge in [0.05, 0.1) is 11.2 Å². The normalized spacial score (nSPS) is 11.1. The van der Waals surface area contributed by atoms with Gasteiger partial charge in [0.1, 0.15) is 5.82 Å². The molecule has 2 heterocycles. The summed E-state index contributed by atoms with van der Waals surface area (Å²) in [5, 5.41) is 0. The Hall–Kier alpha value is -2.01. The molecule has 0 aliphatic heterocycles. The van der Waals surface area contributed by atoms with Crippen LogP contribution < -0.4 is 0 Å². The Morgan fingerprint density at radius 2 is 2.00 bits per heavy atom. The lowest BCUT2D eigenvalue weighted by Crippen LogP contribution is -1.97. The first kappa shape index (κ1) is 12.0. The summed E-state index contributed by atoms with van der Waals surface area (Å²) in [4.78, 5) is 7.45. The van der Waals surface area contributed by atoms with E-state index in [4.69, 9.17) is 12.2 Å². The molecule has 1 aromatic carbocycles. The molecule has 0 bridgehead atoms. The Morgan fingerprint density at radius 1 is 1.21 bits per heavy atom. The second kappa shape index (κ2) is 4.28. The zero-order chi connectivity index (χ0) is 13.6.